The fraction of sp³-hybridized carbons (Fsp3) is 0. The van der Waals surface area contributed by atoms with Crippen LogP contribution in [0.3, 0.4) is 0 Å². The second-order valence-corrected chi connectivity index (χ2v) is 5.47. The Labute approximate surface area is 104 Å². The quantitative estimate of drug-likeness (QED) is 0.862. The number of nitrogens with zero attached hydrogens (tertiary/aromatic N) is 2. The van der Waals surface area contributed by atoms with Gasteiger partial charge in [-0.1, -0.05) is 0 Å². The molecule has 0 saturated carbocycles. The molecule has 0 amide bonds. The van der Waals surface area contributed by atoms with Crippen molar-refractivity contribution in [2.75, 3.05) is 0 Å². The van der Waals surface area contributed by atoms with Gasteiger partial charge in [0.05, 0.1) is 4.47 Å². The highest BCUT2D eigenvalue weighted by Crippen LogP contribution is 2.22. The summed E-state index contributed by atoms with van der Waals surface area (Å²) in [5.41, 5.74) is 0.462. The van der Waals surface area contributed by atoms with E-state index in [1.165, 1.54) is 18.2 Å². The Morgan fingerprint density at radius 1 is 1.41 bits per heavy atom. The molecule has 0 radical (unpaired) electrons. The van der Waals surface area contributed by atoms with Crippen LogP contribution in [0.4, 0.5) is 4.39 Å². The molecule has 0 bridgehead atoms. The van der Waals surface area contributed by atoms with E-state index in [9.17, 15) is 12.8 Å². The number of rotatable bonds is 2. The number of hydrogen-bond donors (Lipinski definition) is 2. The predicted octanol–water partition coefficient (Wildman–Crippen LogP) is 1.02. The summed E-state index contributed by atoms with van der Waals surface area (Å²) >= 11 is 3.01. The maximum Gasteiger partial charge on any atom is 0.273 e. The molecule has 0 aliphatic heterocycles. The van der Waals surface area contributed by atoms with Gasteiger partial charge in [-0.25, -0.2) is 23.0 Å². The SMILES string of the molecule is NS(=O)(=O)c1nc(-c2ccc(F)c(Br)c2)n[nH]1. The second kappa shape index (κ2) is 4.17. The van der Waals surface area contributed by atoms with Gasteiger partial charge < -0.3 is 0 Å². The van der Waals surface area contributed by atoms with Crippen LogP contribution in [0.1, 0.15) is 0 Å². The molecule has 1 aromatic heterocycles. The molecule has 6 nitrogen and oxygen atoms in total. The van der Waals surface area contributed by atoms with Crippen molar-refractivity contribution < 1.29 is 12.8 Å². The van der Waals surface area contributed by atoms with Gasteiger partial charge in [0.15, 0.2) is 5.82 Å². The molecule has 90 valence electrons. The lowest BCUT2D eigenvalue weighted by molar-refractivity contribution is 0.589. The number of halogens is 2. The fourth-order valence-electron chi connectivity index (χ4n) is 1.14. The summed E-state index contributed by atoms with van der Waals surface area (Å²) in [7, 11) is -3.92. The zero-order valence-electron chi connectivity index (χ0n) is 8.18. The van der Waals surface area contributed by atoms with E-state index in [1.54, 1.807) is 0 Å². The molecule has 0 aliphatic rings. The van der Waals surface area contributed by atoms with E-state index < -0.39 is 21.0 Å². The molecular formula is C8H6BrFN4O2S. The second-order valence-electron chi connectivity index (χ2n) is 3.14. The van der Waals surface area contributed by atoms with Gasteiger partial charge in [-0.15, -0.1) is 0 Å². The molecule has 0 unspecified atom stereocenters. The Balaban J connectivity index is 2.47. The van der Waals surface area contributed by atoms with E-state index in [0.29, 0.717) is 5.56 Å². The lowest BCUT2D eigenvalue weighted by Crippen LogP contribution is -2.13. The Morgan fingerprint density at radius 3 is 2.65 bits per heavy atom. The van der Waals surface area contributed by atoms with Crippen molar-refractivity contribution in [3.8, 4) is 11.4 Å². The summed E-state index contributed by atoms with van der Waals surface area (Å²) in [6, 6.07) is 4.08. The zero-order chi connectivity index (χ0) is 12.6. The molecular weight excluding hydrogens is 315 g/mol. The highest BCUT2D eigenvalue weighted by atomic mass is 79.9. The Hall–Kier alpha value is -1.32. The van der Waals surface area contributed by atoms with Crippen molar-refractivity contribution in [1.82, 2.24) is 15.2 Å². The highest BCUT2D eigenvalue weighted by Gasteiger charge is 2.15. The maximum atomic E-state index is 13.0. The standard InChI is InChI=1S/C8H6BrFN4O2S/c9-5-3-4(1-2-6(5)10)7-12-8(14-13-7)17(11,15)16/h1-3H,(H2,11,15,16)(H,12,13,14). The summed E-state index contributed by atoms with van der Waals surface area (Å²) in [5, 5.41) is 10.3. The van der Waals surface area contributed by atoms with E-state index in [1.807, 2.05) is 0 Å². The van der Waals surface area contributed by atoms with Crippen LogP contribution in [0, 0.1) is 5.82 Å². The number of aromatic amines is 1. The smallest absolute Gasteiger partial charge is 0.248 e. The van der Waals surface area contributed by atoms with Crippen molar-refractivity contribution in [1.29, 1.82) is 0 Å². The third kappa shape index (κ3) is 2.51. The first-order chi connectivity index (χ1) is 7.88. The lowest BCUT2D eigenvalue weighted by Gasteiger charge is -1.97. The molecule has 9 heteroatoms. The highest BCUT2D eigenvalue weighted by molar-refractivity contribution is 9.10. The van der Waals surface area contributed by atoms with Crippen molar-refractivity contribution in [3.63, 3.8) is 0 Å². The molecule has 1 aromatic carbocycles. The lowest BCUT2D eigenvalue weighted by atomic mass is 10.2. The molecule has 17 heavy (non-hydrogen) atoms. The Kier molecular flexibility index (Phi) is 2.98. The molecule has 0 saturated heterocycles. The third-order valence-corrected chi connectivity index (χ3v) is 3.24. The van der Waals surface area contributed by atoms with Gasteiger partial charge in [0.25, 0.3) is 15.2 Å². The fourth-order valence-corrected chi connectivity index (χ4v) is 1.90. The van der Waals surface area contributed by atoms with Gasteiger partial charge in [-0.2, -0.15) is 10.1 Å². The van der Waals surface area contributed by atoms with E-state index in [-0.39, 0.29) is 10.3 Å². The average Bonchev–Trinajstić information content (AvgIpc) is 2.70. The van der Waals surface area contributed by atoms with Crippen LogP contribution < -0.4 is 5.14 Å². The summed E-state index contributed by atoms with van der Waals surface area (Å²) in [4.78, 5) is 3.70. The minimum absolute atomic E-state index is 0.120. The predicted molar refractivity (Wildman–Crippen MR) is 60.8 cm³/mol. The van der Waals surface area contributed by atoms with Gasteiger partial charge in [0.1, 0.15) is 5.82 Å². The minimum atomic E-state index is -3.92. The summed E-state index contributed by atoms with van der Waals surface area (Å²) < 4.78 is 35.2. The first-order valence-corrected chi connectivity index (χ1v) is 6.62. The van der Waals surface area contributed by atoms with Crippen molar-refractivity contribution >= 4 is 26.0 Å². The Bertz CT molecular complexity index is 670. The van der Waals surface area contributed by atoms with Crippen LogP contribution in [0.25, 0.3) is 11.4 Å². The number of benzene rings is 1. The van der Waals surface area contributed by atoms with Gasteiger partial charge in [0.2, 0.25) is 0 Å². The number of primary sulfonamides is 1. The summed E-state index contributed by atoms with van der Waals surface area (Å²) in [5.74, 6) is -0.314. The van der Waals surface area contributed by atoms with Crippen molar-refractivity contribution in [2.24, 2.45) is 5.14 Å². The number of nitrogens with two attached hydrogens (primary N) is 1. The number of H-pyrrole nitrogens is 1. The molecule has 1 heterocycles. The molecule has 0 aliphatic carbocycles. The maximum absolute atomic E-state index is 13.0. The summed E-state index contributed by atoms with van der Waals surface area (Å²) in [6.07, 6.45) is 0. The average molecular weight is 321 g/mol. The van der Waals surface area contributed by atoms with E-state index >= 15 is 0 Å². The molecule has 2 aromatic rings. The van der Waals surface area contributed by atoms with Crippen LogP contribution in [0.2, 0.25) is 0 Å². The number of aromatic nitrogens is 3. The van der Waals surface area contributed by atoms with E-state index in [4.69, 9.17) is 5.14 Å². The molecule has 0 atom stereocenters. The number of hydrogen-bond acceptors (Lipinski definition) is 4. The third-order valence-electron chi connectivity index (χ3n) is 1.91. The van der Waals surface area contributed by atoms with Crippen LogP contribution in [0.15, 0.2) is 27.8 Å². The van der Waals surface area contributed by atoms with Crippen molar-refractivity contribution in [3.05, 3.63) is 28.5 Å². The van der Waals surface area contributed by atoms with Crippen molar-refractivity contribution in [2.45, 2.75) is 5.16 Å². The van der Waals surface area contributed by atoms with Crippen LogP contribution in [0.5, 0.6) is 0 Å². The number of sulfonamides is 1. The topological polar surface area (TPSA) is 102 Å². The normalized spacial score (nSPS) is 11.7. The number of nitrogens with one attached hydrogen (secondary N) is 1. The van der Waals surface area contributed by atoms with Gasteiger partial charge in [-0.3, -0.25) is 0 Å². The zero-order valence-corrected chi connectivity index (χ0v) is 10.6. The van der Waals surface area contributed by atoms with Gasteiger partial charge in [-0.05, 0) is 34.1 Å². The van der Waals surface area contributed by atoms with E-state index in [2.05, 4.69) is 31.1 Å². The summed E-state index contributed by atoms with van der Waals surface area (Å²) in [6.45, 7) is 0. The first kappa shape index (κ1) is 12.1. The van der Waals surface area contributed by atoms with Gasteiger partial charge >= 0.3 is 0 Å². The van der Waals surface area contributed by atoms with Crippen LogP contribution >= 0.6 is 15.9 Å². The van der Waals surface area contributed by atoms with Crippen LogP contribution in [-0.4, -0.2) is 23.6 Å². The molecule has 0 spiro atoms. The Morgan fingerprint density at radius 2 is 2.12 bits per heavy atom. The van der Waals surface area contributed by atoms with Gasteiger partial charge in [0, 0.05) is 5.56 Å². The largest absolute Gasteiger partial charge is 0.273 e. The monoisotopic (exact) mass is 320 g/mol. The van der Waals surface area contributed by atoms with E-state index in [0.717, 1.165) is 0 Å². The molecule has 2 rings (SSSR count). The minimum Gasteiger partial charge on any atom is -0.248 e. The van der Waals surface area contributed by atoms with Crippen LogP contribution in [-0.2, 0) is 10.0 Å². The first-order valence-electron chi connectivity index (χ1n) is 4.28. The molecule has 0 fully saturated rings. The molecule has 3 N–H and O–H groups in total.